The molecule has 1 N–H and O–H groups in total. The Labute approximate surface area is 257 Å². The van der Waals surface area contributed by atoms with Crippen molar-refractivity contribution in [3.8, 4) is 11.5 Å². The van der Waals surface area contributed by atoms with E-state index in [0.717, 1.165) is 0 Å². The van der Waals surface area contributed by atoms with E-state index in [9.17, 15) is 19.5 Å². The second-order valence-electron chi connectivity index (χ2n) is 11.8. The van der Waals surface area contributed by atoms with Crippen molar-refractivity contribution in [3.05, 3.63) is 72.8 Å². The number of amides is 3. The Morgan fingerprint density at radius 3 is 2.07 bits per heavy atom. The van der Waals surface area contributed by atoms with E-state index in [2.05, 4.69) is 0 Å². The van der Waals surface area contributed by atoms with E-state index < -0.39 is 29.1 Å². The number of nitrogens with zero attached hydrogens (tertiary/aromatic N) is 3. The molecule has 2 aromatic rings. The predicted octanol–water partition coefficient (Wildman–Crippen LogP) is 3.34. The standard InChI is InChI=1S/C34H39N3O7/c1-4-43-26-15-11-23(12-16-26)35-20-7-17-33(2)27(30(35)39)28-31(40)37(19-5-6-22-38)29-32(41)36(21-8-18-34(28,29)44-33)24-9-13-25(42-3)14-10-24/h7-18,27-29,38H,4-6,19-22H2,1-3H3/t27-,28+,29?,33+,34+/m1/s1. The smallest absolute Gasteiger partial charge is 0.253 e. The molecule has 0 aliphatic carbocycles. The molecule has 2 saturated heterocycles. The van der Waals surface area contributed by atoms with Crippen LogP contribution in [0.2, 0.25) is 0 Å². The highest BCUT2D eigenvalue weighted by Gasteiger charge is 2.74. The summed E-state index contributed by atoms with van der Waals surface area (Å²) in [5, 5.41) is 9.48. The molecule has 1 spiro atoms. The summed E-state index contributed by atoms with van der Waals surface area (Å²) in [4.78, 5) is 48.5. The molecule has 4 aliphatic rings. The van der Waals surface area contributed by atoms with Crippen molar-refractivity contribution in [1.82, 2.24) is 4.90 Å². The number of carbonyl (C=O) groups is 3. The number of carbonyl (C=O) groups excluding carboxylic acids is 3. The first-order chi connectivity index (χ1) is 21.3. The summed E-state index contributed by atoms with van der Waals surface area (Å²) in [7, 11) is 1.58. The molecule has 0 bridgehead atoms. The summed E-state index contributed by atoms with van der Waals surface area (Å²) in [5.41, 5.74) is -1.11. The van der Waals surface area contributed by atoms with Gasteiger partial charge in [0.1, 0.15) is 23.1 Å². The minimum Gasteiger partial charge on any atom is -0.497 e. The van der Waals surface area contributed by atoms with Crippen molar-refractivity contribution < 1.29 is 33.7 Å². The van der Waals surface area contributed by atoms with Gasteiger partial charge in [-0.2, -0.15) is 0 Å². The van der Waals surface area contributed by atoms with E-state index in [1.807, 2.05) is 74.5 Å². The summed E-state index contributed by atoms with van der Waals surface area (Å²) in [6.45, 7) is 5.12. The molecule has 0 radical (unpaired) electrons. The van der Waals surface area contributed by atoms with Crippen molar-refractivity contribution in [2.75, 3.05) is 49.8 Å². The number of anilines is 2. The van der Waals surface area contributed by atoms with Crippen LogP contribution in [0.25, 0.3) is 0 Å². The van der Waals surface area contributed by atoms with E-state index in [1.54, 1.807) is 33.9 Å². The van der Waals surface area contributed by atoms with Crippen molar-refractivity contribution in [2.24, 2.45) is 11.8 Å². The van der Waals surface area contributed by atoms with Crippen LogP contribution in [0.4, 0.5) is 11.4 Å². The number of fused-ring (bicyclic) bond motifs is 2. The van der Waals surface area contributed by atoms with E-state index in [4.69, 9.17) is 14.2 Å². The fourth-order valence-corrected chi connectivity index (χ4v) is 7.27. The molecule has 2 aromatic carbocycles. The first-order valence-corrected chi connectivity index (χ1v) is 15.2. The lowest BCUT2D eigenvalue weighted by Crippen LogP contribution is -2.56. The van der Waals surface area contributed by atoms with Gasteiger partial charge in [0.2, 0.25) is 11.8 Å². The lowest BCUT2D eigenvalue weighted by atomic mass is 9.74. The lowest BCUT2D eigenvalue weighted by molar-refractivity contribution is -0.144. The number of aliphatic hydroxyl groups excluding tert-OH is 1. The number of hydrogen-bond acceptors (Lipinski definition) is 7. The summed E-state index contributed by atoms with van der Waals surface area (Å²) in [6, 6.07) is 13.6. The van der Waals surface area contributed by atoms with Gasteiger partial charge in [-0.05, 0) is 75.2 Å². The number of likely N-dealkylation sites (tertiary alicyclic amines) is 1. The number of rotatable bonds is 9. The number of ether oxygens (including phenoxy) is 3. The average Bonchev–Trinajstić information content (AvgIpc) is 3.28. The van der Waals surface area contributed by atoms with Gasteiger partial charge in [-0.3, -0.25) is 14.4 Å². The van der Waals surface area contributed by atoms with Gasteiger partial charge in [-0.15, -0.1) is 0 Å². The SMILES string of the molecule is CCOc1ccc(N2CC=C[C@]3(C)O[C@]45C=CCN(c6ccc(OC)cc6)C(=O)C4N(CCCCO)C(=O)[C@@H]5[C@@H]3C2=O)cc1. The molecule has 0 saturated carbocycles. The first-order valence-electron chi connectivity index (χ1n) is 15.2. The first kappa shape index (κ1) is 29.9. The van der Waals surface area contributed by atoms with E-state index in [1.165, 1.54) is 0 Å². The largest absolute Gasteiger partial charge is 0.497 e. The van der Waals surface area contributed by atoms with Crippen molar-refractivity contribution in [1.29, 1.82) is 0 Å². The molecule has 2 fully saturated rings. The molecule has 10 nitrogen and oxygen atoms in total. The Balaban J connectivity index is 1.41. The summed E-state index contributed by atoms with van der Waals surface area (Å²) in [5.74, 6) is -1.20. The summed E-state index contributed by atoms with van der Waals surface area (Å²) in [6.07, 6.45) is 8.48. The normalized spacial score (nSPS) is 29.3. The minimum atomic E-state index is -1.35. The fourth-order valence-electron chi connectivity index (χ4n) is 7.27. The van der Waals surface area contributed by atoms with Crippen LogP contribution >= 0.6 is 0 Å². The highest BCUT2D eigenvalue weighted by Crippen LogP contribution is 2.57. The molecule has 0 aromatic heterocycles. The summed E-state index contributed by atoms with van der Waals surface area (Å²) >= 11 is 0. The molecular weight excluding hydrogens is 562 g/mol. The number of benzene rings is 2. The Bertz CT molecular complexity index is 1470. The van der Waals surface area contributed by atoms with E-state index >= 15 is 0 Å². The maximum absolute atomic E-state index is 14.5. The lowest BCUT2D eigenvalue weighted by Gasteiger charge is -2.37. The Morgan fingerprint density at radius 1 is 0.841 bits per heavy atom. The highest BCUT2D eigenvalue weighted by atomic mass is 16.5. The molecule has 4 heterocycles. The van der Waals surface area contributed by atoms with Crippen molar-refractivity contribution >= 4 is 29.1 Å². The zero-order valence-electron chi connectivity index (χ0n) is 25.3. The third kappa shape index (κ3) is 4.77. The maximum atomic E-state index is 14.5. The van der Waals surface area contributed by atoms with Gasteiger partial charge in [-0.25, -0.2) is 0 Å². The maximum Gasteiger partial charge on any atom is 0.253 e. The van der Waals surface area contributed by atoms with Gasteiger partial charge in [0, 0.05) is 37.6 Å². The van der Waals surface area contributed by atoms with Crippen molar-refractivity contribution in [3.63, 3.8) is 0 Å². The monoisotopic (exact) mass is 601 g/mol. The van der Waals surface area contributed by atoms with Crippen molar-refractivity contribution in [2.45, 2.75) is 43.9 Å². The molecule has 4 aliphatic heterocycles. The van der Waals surface area contributed by atoms with Crippen LogP contribution in [0.15, 0.2) is 72.8 Å². The van der Waals surface area contributed by atoms with Gasteiger partial charge >= 0.3 is 0 Å². The molecule has 3 amide bonds. The highest BCUT2D eigenvalue weighted by molar-refractivity contribution is 6.07. The molecule has 10 heteroatoms. The zero-order chi connectivity index (χ0) is 31.1. The molecule has 5 atom stereocenters. The van der Waals surface area contributed by atoms with Crippen LogP contribution in [0, 0.1) is 11.8 Å². The fraction of sp³-hybridized carbons (Fsp3) is 0.441. The van der Waals surface area contributed by atoms with Crippen LogP contribution in [0.3, 0.4) is 0 Å². The number of methoxy groups -OCH3 is 1. The van der Waals surface area contributed by atoms with Gasteiger partial charge in [-0.1, -0.05) is 24.3 Å². The second-order valence-corrected chi connectivity index (χ2v) is 11.8. The quantitative estimate of drug-likeness (QED) is 0.347. The van der Waals surface area contributed by atoms with E-state index in [0.29, 0.717) is 48.9 Å². The topological polar surface area (TPSA) is 109 Å². The Hall–Kier alpha value is -4.15. The van der Waals surface area contributed by atoms with Crippen LogP contribution in [-0.2, 0) is 19.1 Å². The third-order valence-corrected chi connectivity index (χ3v) is 9.21. The third-order valence-electron chi connectivity index (χ3n) is 9.21. The number of aliphatic hydroxyl groups is 1. The van der Waals surface area contributed by atoms with Gasteiger partial charge in [0.05, 0.1) is 31.2 Å². The molecule has 44 heavy (non-hydrogen) atoms. The minimum absolute atomic E-state index is 0.0232. The zero-order valence-corrected chi connectivity index (χ0v) is 25.3. The van der Waals surface area contributed by atoms with Crippen LogP contribution in [-0.4, -0.2) is 84.9 Å². The van der Waals surface area contributed by atoms with Gasteiger partial charge in [0.15, 0.2) is 0 Å². The van der Waals surface area contributed by atoms with Crippen LogP contribution < -0.4 is 19.3 Å². The summed E-state index contributed by atoms with van der Waals surface area (Å²) < 4.78 is 17.8. The van der Waals surface area contributed by atoms with Gasteiger partial charge in [0.25, 0.3) is 5.91 Å². The Morgan fingerprint density at radius 2 is 1.45 bits per heavy atom. The second kappa shape index (κ2) is 11.7. The molecular formula is C34H39N3O7. The van der Waals surface area contributed by atoms with Gasteiger partial charge < -0.3 is 34.0 Å². The Kier molecular flexibility index (Phi) is 7.98. The van der Waals surface area contributed by atoms with E-state index in [-0.39, 0.29) is 37.4 Å². The molecule has 6 rings (SSSR count). The van der Waals surface area contributed by atoms with Crippen LogP contribution in [0.5, 0.6) is 11.5 Å². The molecule has 1 unspecified atom stereocenters. The average molecular weight is 602 g/mol. The molecule has 232 valence electrons. The number of unbranched alkanes of at least 4 members (excludes halogenated alkanes) is 1. The van der Waals surface area contributed by atoms with Crippen LogP contribution in [0.1, 0.15) is 26.7 Å². The number of hydrogen-bond donors (Lipinski definition) is 1. The predicted molar refractivity (Wildman–Crippen MR) is 165 cm³/mol.